The van der Waals surface area contributed by atoms with Crippen LogP contribution in [-0.2, 0) is 6.54 Å². The summed E-state index contributed by atoms with van der Waals surface area (Å²) in [7, 11) is 0. The molecule has 2 rings (SSSR count). The molecule has 5 heteroatoms. The summed E-state index contributed by atoms with van der Waals surface area (Å²) in [6, 6.07) is 7.43. The second kappa shape index (κ2) is 7.60. The van der Waals surface area contributed by atoms with E-state index in [1.165, 1.54) is 31.7 Å². The van der Waals surface area contributed by atoms with Crippen LogP contribution >= 0.6 is 17.0 Å². The molecule has 1 aliphatic carbocycles. The second-order valence-corrected chi connectivity index (χ2v) is 5.18. The highest BCUT2D eigenvalue weighted by Crippen LogP contribution is 2.24. The van der Waals surface area contributed by atoms with Crippen molar-refractivity contribution < 1.29 is 4.92 Å². The lowest BCUT2D eigenvalue weighted by atomic mass is 9.86. The highest BCUT2D eigenvalue weighted by Gasteiger charge is 2.20. The van der Waals surface area contributed by atoms with E-state index in [0.29, 0.717) is 12.0 Å². The molecule has 2 atom stereocenters. The van der Waals surface area contributed by atoms with Gasteiger partial charge in [0.15, 0.2) is 0 Å². The van der Waals surface area contributed by atoms with E-state index in [9.17, 15) is 10.1 Å². The molecule has 0 aliphatic heterocycles. The Kier molecular flexibility index (Phi) is 6.45. The Morgan fingerprint density at radius 3 is 2.79 bits per heavy atom. The number of hydrogen-bond acceptors (Lipinski definition) is 3. The van der Waals surface area contributed by atoms with E-state index in [1.807, 2.05) is 6.07 Å². The van der Waals surface area contributed by atoms with Gasteiger partial charge < -0.3 is 5.32 Å². The van der Waals surface area contributed by atoms with Crippen LogP contribution in [-0.4, -0.2) is 11.0 Å². The van der Waals surface area contributed by atoms with Gasteiger partial charge in [0.05, 0.1) is 4.92 Å². The molecule has 1 saturated carbocycles. The van der Waals surface area contributed by atoms with Crippen molar-refractivity contribution in [3.8, 4) is 0 Å². The van der Waals surface area contributed by atoms with Crippen molar-refractivity contribution in [2.45, 2.75) is 45.2 Å². The lowest BCUT2D eigenvalue weighted by Crippen LogP contribution is -2.36. The van der Waals surface area contributed by atoms with Crippen molar-refractivity contribution in [2.75, 3.05) is 0 Å². The van der Waals surface area contributed by atoms with Crippen molar-refractivity contribution in [3.05, 3.63) is 39.9 Å². The molecule has 1 N–H and O–H groups in total. The maximum atomic E-state index is 10.7. The molecule has 1 aliphatic rings. The fraction of sp³-hybridized carbons (Fsp3) is 0.571. The maximum Gasteiger partial charge on any atom is 0.269 e. The third kappa shape index (κ3) is 4.58. The standard InChI is InChI=1S/C14H20N2O2.BrH/c1-11-5-2-3-8-14(11)15-10-12-6-4-7-13(9-12)16(17)18;/h4,6-7,9,11,14-15H,2-3,5,8,10H2,1H3;1H. The van der Waals surface area contributed by atoms with Crippen LogP contribution in [0.5, 0.6) is 0 Å². The summed E-state index contributed by atoms with van der Waals surface area (Å²) in [6.45, 7) is 3.00. The monoisotopic (exact) mass is 328 g/mol. The van der Waals surface area contributed by atoms with E-state index in [-0.39, 0.29) is 27.6 Å². The molecule has 19 heavy (non-hydrogen) atoms. The van der Waals surface area contributed by atoms with E-state index < -0.39 is 0 Å². The number of hydrogen-bond donors (Lipinski definition) is 1. The van der Waals surface area contributed by atoms with E-state index >= 15 is 0 Å². The summed E-state index contributed by atoms with van der Waals surface area (Å²) in [5.41, 5.74) is 1.16. The summed E-state index contributed by atoms with van der Waals surface area (Å²) in [4.78, 5) is 10.4. The van der Waals surface area contributed by atoms with Gasteiger partial charge in [-0.05, 0) is 24.3 Å². The quantitative estimate of drug-likeness (QED) is 0.674. The zero-order chi connectivity index (χ0) is 13.0. The number of halogens is 1. The number of nitrogens with zero attached hydrogens (tertiary/aromatic N) is 1. The first-order valence-corrected chi connectivity index (χ1v) is 6.63. The number of nitrogens with one attached hydrogen (secondary N) is 1. The Bertz CT molecular complexity index is 426. The van der Waals surface area contributed by atoms with E-state index in [2.05, 4.69) is 12.2 Å². The highest BCUT2D eigenvalue weighted by atomic mass is 79.9. The Hall–Kier alpha value is -0.940. The normalized spacial score (nSPS) is 22.6. The Morgan fingerprint density at radius 2 is 2.11 bits per heavy atom. The average Bonchev–Trinajstić information content (AvgIpc) is 2.38. The first-order chi connectivity index (χ1) is 8.66. The molecule has 4 nitrogen and oxygen atoms in total. The lowest BCUT2D eigenvalue weighted by Gasteiger charge is -2.29. The molecule has 2 unspecified atom stereocenters. The zero-order valence-corrected chi connectivity index (χ0v) is 12.9. The average molecular weight is 329 g/mol. The van der Waals surface area contributed by atoms with Crippen molar-refractivity contribution in [2.24, 2.45) is 5.92 Å². The molecule has 0 aromatic heterocycles. The van der Waals surface area contributed by atoms with Gasteiger partial charge in [0, 0.05) is 24.7 Å². The molecule has 0 radical (unpaired) electrons. The maximum absolute atomic E-state index is 10.7. The van der Waals surface area contributed by atoms with Gasteiger partial charge in [0.25, 0.3) is 5.69 Å². The van der Waals surface area contributed by atoms with E-state index in [4.69, 9.17) is 0 Å². The third-order valence-corrected chi connectivity index (χ3v) is 3.80. The fourth-order valence-corrected chi connectivity index (χ4v) is 2.65. The molecular formula is C14H21BrN2O2. The topological polar surface area (TPSA) is 55.2 Å². The number of nitro benzene ring substituents is 1. The van der Waals surface area contributed by atoms with Gasteiger partial charge in [-0.3, -0.25) is 10.1 Å². The molecule has 1 aromatic rings. The minimum absolute atomic E-state index is 0. The van der Waals surface area contributed by atoms with Crippen molar-refractivity contribution in [3.63, 3.8) is 0 Å². The molecule has 1 aromatic carbocycles. The van der Waals surface area contributed by atoms with Crippen LogP contribution in [0.15, 0.2) is 24.3 Å². The van der Waals surface area contributed by atoms with Gasteiger partial charge in [-0.15, -0.1) is 17.0 Å². The van der Waals surface area contributed by atoms with Crippen LogP contribution in [0.1, 0.15) is 38.2 Å². The van der Waals surface area contributed by atoms with Crippen LogP contribution in [0.2, 0.25) is 0 Å². The second-order valence-electron chi connectivity index (χ2n) is 5.18. The van der Waals surface area contributed by atoms with E-state index in [0.717, 1.165) is 12.1 Å². The van der Waals surface area contributed by atoms with Gasteiger partial charge in [-0.25, -0.2) is 0 Å². The van der Waals surface area contributed by atoms with Crippen molar-refractivity contribution in [1.82, 2.24) is 5.32 Å². The number of benzene rings is 1. The Balaban J connectivity index is 0.00000180. The van der Waals surface area contributed by atoms with Crippen LogP contribution in [0.25, 0.3) is 0 Å². The number of non-ortho nitro benzene ring substituents is 1. The summed E-state index contributed by atoms with van der Waals surface area (Å²) in [6.07, 6.45) is 5.12. The minimum Gasteiger partial charge on any atom is -0.310 e. The molecule has 0 heterocycles. The van der Waals surface area contributed by atoms with E-state index in [1.54, 1.807) is 12.1 Å². The molecule has 0 saturated heterocycles. The molecule has 106 valence electrons. The van der Waals surface area contributed by atoms with Gasteiger partial charge in [0.1, 0.15) is 0 Å². The highest BCUT2D eigenvalue weighted by molar-refractivity contribution is 8.93. The smallest absolute Gasteiger partial charge is 0.269 e. The third-order valence-electron chi connectivity index (χ3n) is 3.80. The predicted octanol–water partition coefficient (Wildman–Crippen LogP) is 3.84. The molecule has 1 fully saturated rings. The molecule has 0 spiro atoms. The number of nitro groups is 1. The van der Waals surface area contributed by atoms with Gasteiger partial charge >= 0.3 is 0 Å². The van der Waals surface area contributed by atoms with Crippen molar-refractivity contribution in [1.29, 1.82) is 0 Å². The fourth-order valence-electron chi connectivity index (χ4n) is 2.65. The van der Waals surface area contributed by atoms with Gasteiger partial charge in [-0.2, -0.15) is 0 Å². The summed E-state index contributed by atoms with van der Waals surface area (Å²) >= 11 is 0. The lowest BCUT2D eigenvalue weighted by molar-refractivity contribution is -0.384. The van der Waals surface area contributed by atoms with Crippen LogP contribution in [0, 0.1) is 16.0 Å². The number of rotatable bonds is 4. The molecule has 0 amide bonds. The minimum atomic E-state index is -0.341. The van der Waals surface area contributed by atoms with Crippen molar-refractivity contribution >= 4 is 22.7 Å². The molecule has 0 bridgehead atoms. The Morgan fingerprint density at radius 1 is 1.37 bits per heavy atom. The van der Waals surface area contributed by atoms with Crippen LogP contribution in [0.3, 0.4) is 0 Å². The molecular weight excluding hydrogens is 308 g/mol. The summed E-state index contributed by atoms with van der Waals surface area (Å²) in [5, 5.41) is 14.2. The summed E-state index contributed by atoms with van der Waals surface area (Å²) in [5.74, 6) is 0.706. The zero-order valence-electron chi connectivity index (χ0n) is 11.2. The largest absolute Gasteiger partial charge is 0.310 e. The van der Waals surface area contributed by atoms with Crippen LogP contribution < -0.4 is 5.32 Å². The predicted molar refractivity (Wildman–Crippen MR) is 81.7 cm³/mol. The Labute approximate surface area is 124 Å². The SMILES string of the molecule is Br.CC1CCCCC1NCc1cccc([N+](=O)[O-])c1. The first kappa shape index (κ1) is 16.1. The van der Waals surface area contributed by atoms with Crippen LogP contribution in [0.4, 0.5) is 5.69 Å². The van der Waals surface area contributed by atoms with Gasteiger partial charge in [-0.1, -0.05) is 31.9 Å². The first-order valence-electron chi connectivity index (χ1n) is 6.63. The van der Waals surface area contributed by atoms with Gasteiger partial charge in [0.2, 0.25) is 0 Å². The summed E-state index contributed by atoms with van der Waals surface area (Å²) < 4.78 is 0.